The fourth-order valence-electron chi connectivity index (χ4n) is 2.02. The Hall–Kier alpha value is -3.11. The van der Waals surface area contributed by atoms with Gasteiger partial charge in [0.1, 0.15) is 17.6 Å². The summed E-state index contributed by atoms with van der Waals surface area (Å²) >= 11 is 5.91. The summed E-state index contributed by atoms with van der Waals surface area (Å²) < 4.78 is 23.3. The van der Waals surface area contributed by atoms with Crippen LogP contribution in [0.15, 0.2) is 42.5 Å². The van der Waals surface area contributed by atoms with E-state index < -0.39 is 29.9 Å². The number of nitrogens with one attached hydrogen (secondary N) is 1. The highest BCUT2D eigenvalue weighted by molar-refractivity contribution is 6.32. The van der Waals surface area contributed by atoms with Crippen LogP contribution in [0.2, 0.25) is 5.02 Å². The maximum Gasteiger partial charge on any atom is 0.347 e. The summed E-state index contributed by atoms with van der Waals surface area (Å²) in [5.74, 6) is -1.45. The Morgan fingerprint density at radius 1 is 1.15 bits per heavy atom. The van der Waals surface area contributed by atoms with Crippen molar-refractivity contribution in [1.82, 2.24) is 0 Å². The quantitative estimate of drug-likeness (QED) is 0.760. The number of carbonyl (C=O) groups is 2. The SMILES string of the molecule is C[C@H](OC(=O)[C@@H](C)Oc1ccc(F)cc1)C(=O)Nc1ccc(C#N)c(Cl)c1. The van der Waals surface area contributed by atoms with Crippen molar-refractivity contribution in [2.24, 2.45) is 0 Å². The van der Waals surface area contributed by atoms with Crippen molar-refractivity contribution in [3.8, 4) is 11.8 Å². The first-order valence-electron chi connectivity index (χ1n) is 7.93. The number of benzene rings is 2. The van der Waals surface area contributed by atoms with Gasteiger partial charge in [-0.1, -0.05) is 11.6 Å². The van der Waals surface area contributed by atoms with E-state index >= 15 is 0 Å². The van der Waals surface area contributed by atoms with E-state index in [4.69, 9.17) is 26.3 Å². The zero-order valence-electron chi connectivity index (χ0n) is 14.5. The van der Waals surface area contributed by atoms with Gasteiger partial charge in [0.25, 0.3) is 5.91 Å². The van der Waals surface area contributed by atoms with Gasteiger partial charge in [0.05, 0.1) is 10.6 Å². The molecule has 0 saturated carbocycles. The fraction of sp³-hybridized carbons (Fsp3) is 0.211. The van der Waals surface area contributed by atoms with Gasteiger partial charge < -0.3 is 14.8 Å². The second kappa shape index (κ2) is 9.01. The molecule has 27 heavy (non-hydrogen) atoms. The van der Waals surface area contributed by atoms with Gasteiger partial charge >= 0.3 is 5.97 Å². The number of amides is 1. The lowest BCUT2D eigenvalue weighted by molar-refractivity contribution is -0.159. The van der Waals surface area contributed by atoms with Crippen LogP contribution in [-0.4, -0.2) is 24.1 Å². The van der Waals surface area contributed by atoms with Gasteiger partial charge in [0.15, 0.2) is 12.2 Å². The minimum absolute atomic E-state index is 0.196. The molecule has 0 fully saturated rings. The summed E-state index contributed by atoms with van der Waals surface area (Å²) in [6.45, 7) is 2.86. The van der Waals surface area contributed by atoms with Crippen LogP contribution in [0.5, 0.6) is 5.75 Å². The number of carbonyl (C=O) groups excluding carboxylic acids is 2. The smallest absolute Gasteiger partial charge is 0.347 e. The van der Waals surface area contributed by atoms with E-state index in [-0.39, 0.29) is 10.6 Å². The number of nitriles is 1. The highest BCUT2D eigenvalue weighted by Gasteiger charge is 2.23. The molecule has 0 aliphatic rings. The van der Waals surface area contributed by atoms with Crippen LogP contribution < -0.4 is 10.1 Å². The van der Waals surface area contributed by atoms with Gasteiger partial charge in [-0.25, -0.2) is 9.18 Å². The zero-order valence-corrected chi connectivity index (χ0v) is 15.3. The predicted molar refractivity (Wildman–Crippen MR) is 96.8 cm³/mol. The molecule has 0 aromatic heterocycles. The molecule has 6 nitrogen and oxygen atoms in total. The topological polar surface area (TPSA) is 88.4 Å². The standard InChI is InChI=1S/C19H16ClFN2O4/c1-11(18(24)23-15-6-3-13(10-22)17(20)9-15)27-19(25)12(2)26-16-7-4-14(21)5-8-16/h3-9,11-12H,1-2H3,(H,23,24)/t11-,12+/m0/s1. The van der Waals surface area contributed by atoms with Gasteiger partial charge in [-0.15, -0.1) is 0 Å². The Bertz CT molecular complexity index is 880. The highest BCUT2D eigenvalue weighted by Crippen LogP contribution is 2.20. The minimum atomic E-state index is -1.09. The summed E-state index contributed by atoms with van der Waals surface area (Å²) in [5.41, 5.74) is 0.642. The first-order valence-corrected chi connectivity index (χ1v) is 8.31. The Kier molecular flexibility index (Phi) is 6.74. The maximum absolute atomic E-state index is 12.9. The van der Waals surface area contributed by atoms with Gasteiger partial charge in [0, 0.05) is 5.69 Å². The second-order valence-corrected chi connectivity index (χ2v) is 6.00. The molecule has 0 aliphatic heterocycles. The predicted octanol–water partition coefficient (Wildman–Crippen LogP) is 3.69. The number of hydrogen-bond donors (Lipinski definition) is 1. The van der Waals surface area contributed by atoms with Gasteiger partial charge in [-0.3, -0.25) is 4.79 Å². The van der Waals surface area contributed by atoms with Crippen LogP contribution in [0.3, 0.4) is 0 Å². The van der Waals surface area contributed by atoms with E-state index in [1.54, 1.807) is 0 Å². The number of esters is 1. The van der Waals surface area contributed by atoms with Crippen molar-refractivity contribution < 1.29 is 23.5 Å². The summed E-state index contributed by atoms with van der Waals surface area (Å²) in [5, 5.41) is 11.6. The number of anilines is 1. The molecular formula is C19H16ClFN2O4. The number of halogens is 2. The van der Waals surface area contributed by atoms with E-state index in [0.29, 0.717) is 11.4 Å². The van der Waals surface area contributed by atoms with E-state index in [0.717, 1.165) is 0 Å². The van der Waals surface area contributed by atoms with E-state index in [9.17, 15) is 14.0 Å². The maximum atomic E-state index is 12.9. The third-order valence-corrected chi connectivity index (χ3v) is 3.79. The fourth-order valence-corrected chi connectivity index (χ4v) is 2.24. The van der Waals surface area contributed by atoms with Crippen LogP contribution in [0.25, 0.3) is 0 Å². The van der Waals surface area contributed by atoms with Crippen molar-refractivity contribution in [2.75, 3.05) is 5.32 Å². The Morgan fingerprint density at radius 3 is 2.41 bits per heavy atom. The summed E-state index contributed by atoms with van der Waals surface area (Å²) in [4.78, 5) is 24.2. The zero-order chi connectivity index (χ0) is 20.0. The molecule has 0 bridgehead atoms. The largest absolute Gasteiger partial charge is 0.479 e. The number of hydrogen-bond acceptors (Lipinski definition) is 5. The third kappa shape index (κ3) is 5.69. The number of rotatable bonds is 6. The Balaban J connectivity index is 1.90. The van der Waals surface area contributed by atoms with Crippen molar-refractivity contribution in [3.05, 3.63) is 58.9 Å². The molecule has 2 atom stereocenters. The average Bonchev–Trinajstić information content (AvgIpc) is 2.63. The lowest BCUT2D eigenvalue weighted by Crippen LogP contribution is -2.35. The van der Waals surface area contributed by atoms with Crippen LogP contribution in [0, 0.1) is 17.1 Å². The van der Waals surface area contributed by atoms with E-state index in [1.807, 2.05) is 6.07 Å². The molecule has 0 aliphatic carbocycles. The molecule has 1 amide bonds. The van der Waals surface area contributed by atoms with Crippen molar-refractivity contribution in [3.63, 3.8) is 0 Å². The molecule has 8 heteroatoms. The van der Waals surface area contributed by atoms with Crippen LogP contribution in [-0.2, 0) is 14.3 Å². The summed E-state index contributed by atoms with van der Waals surface area (Å²) in [6.07, 6.45) is -2.08. The summed E-state index contributed by atoms with van der Waals surface area (Å²) in [6, 6.07) is 11.5. The molecule has 2 aromatic rings. The Morgan fingerprint density at radius 2 is 1.81 bits per heavy atom. The molecule has 2 aromatic carbocycles. The second-order valence-electron chi connectivity index (χ2n) is 5.59. The molecular weight excluding hydrogens is 375 g/mol. The molecule has 2 rings (SSSR count). The molecule has 0 heterocycles. The molecule has 0 spiro atoms. The average molecular weight is 391 g/mol. The summed E-state index contributed by atoms with van der Waals surface area (Å²) in [7, 11) is 0. The molecule has 0 radical (unpaired) electrons. The van der Waals surface area contributed by atoms with Gasteiger partial charge in [-0.2, -0.15) is 5.26 Å². The highest BCUT2D eigenvalue weighted by atomic mass is 35.5. The lowest BCUT2D eigenvalue weighted by atomic mass is 10.2. The first kappa shape index (κ1) is 20.2. The van der Waals surface area contributed by atoms with Crippen LogP contribution in [0.1, 0.15) is 19.4 Å². The first-order chi connectivity index (χ1) is 12.8. The monoisotopic (exact) mass is 390 g/mol. The van der Waals surface area contributed by atoms with E-state index in [1.165, 1.54) is 56.3 Å². The number of ether oxygens (including phenoxy) is 2. The van der Waals surface area contributed by atoms with Gasteiger partial charge in [0.2, 0.25) is 0 Å². The van der Waals surface area contributed by atoms with Crippen LogP contribution >= 0.6 is 11.6 Å². The van der Waals surface area contributed by atoms with Crippen molar-refractivity contribution in [2.45, 2.75) is 26.1 Å². The molecule has 0 saturated heterocycles. The number of nitrogens with zero attached hydrogens (tertiary/aromatic N) is 1. The van der Waals surface area contributed by atoms with Crippen LogP contribution in [0.4, 0.5) is 10.1 Å². The van der Waals surface area contributed by atoms with E-state index in [2.05, 4.69) is 5.32 Å². The van der Waals surface area contributed by atoms with Crippen molar-refractivity contribution in [1.29, 1.82) is 5.26 Å². The molecule has 0 unspecified atom stereocenters. The lowest BCUT2D eigenvalue weighted by Gasteiger charge is -2.18. The minimum Gasteiger partial charge on any atom is -0.479 e. The Labute approximate surface area is 160 Å². The molecule has 1 N–H and O–H groups in total. The molecule has 140 valence electrons. The van der Waals surface area contributed by atoms with Crippen molar-refractivity contribution >= 4 is 29.2 Å². The normalized spacial score (nSPS) is 12.4. The third-order valence-electron chi connectivity index (χ3n) is 3.48. The van der Waals surface area contributed by atoms with Gasteiger partial charge in [-0.05, 0) is 56.3 Å².